The Bertz CT molecular complexity index is 1580. The number of ether oxygens (including phenoxy) is 3. The zero-order valence-corrected chi connectivity index (χ0v) is 24.9. The highest BCUT2D eigenvalue weighted by molar-refractivity contribution is 5.98. The number of hydrazine groups is 1. The molecule has 4 rings (SSSR count). The molecular weight excluding hydrogens is 558 g/mol. The van der Waals surface area contributed by atoms with Crippen LogP contribution in [0.1, 0.15) is 53.9 Å². The van der Waals surface area contributed by atoms with Gasteiger partial charge < -0.3 is 25.3 Å². The van der Waals surface area contributed by atoms with Gasteiger partial charge in [-0.15, -0.1) is 0 Å². The molecule has 6 N–H and O–H groups in total. The Balaban J connectivity index is 1.55. The van der Waals surface area contributed by atoms with E-state index >= 15 is 0 Å². The van der Waals surface area contributed by atoms with Crippen LogP contribution in [0.25, 0.3) is 0 Å². The van der Waals surface area contributed by atoms with Crippen molar-refractivity contribution < 1.29 is 23.8 Å². The van der Waals surface area contributed by atoms with E-state index in [1.165, 1.54) is 0 Å². The lowest BCUT2D eigenvalue weighted by molar-refractivity contribution is -0.122. The Morgan fingerprint density at radius 2 is 1.52 bits per heavy atom. The lowest BCUT2D eigenvalue weighted by atomic mass is 10.0. The number of anilines is 1. The van der Waals surface area contributed by atoms with E-state index in [0.717, 1.165) is 5.56 Å². The molecule has 0 bridgehead atoms. The van der Waals surface area contributed by atoms with E-state index in [1.54, 1.807) is 66.7 Å². The van der Waals surface area contributed by atoms with Crippen LogP contribution in [0.15, 0.2) is 97.1 Å². The summed E-state index contributed by atoms with van der Waals surface area (Å²) in [7, 11) is 0. The Labute approximate surface area is 257 Å². The van der Waals surface area contributed by atoms with E-state index in [9.17, 15) is 9.59 Å². The quantitative estimate of drug-likeness (QED) is 0.0795. The first-order chi connectivity index (χ1) is 21.2. The first-order valence-corrected chi connectivity index (χ1v) is 14.3. The van der Waals surface area contributed by atoms with E-state index in [0.29, 0.717) is 40.7 Å². The number of hydrogen-bond donors (Lipinski definition) is 5. The Hall–Kier alpha value is -5.51. The minimum atomic E-state index is -0.949. The van der Waals surface area contributed by atoms with Crippen molar-refractivity contribution in [2.24, 2.45) is 5.73 Å². The van der Waals surface area contributed by atoms with Crippen molar-refractivity contribution in [3.63, 3.8) is 0 Å². The molecule has 4 aromatic rings. The van der Waals surface area contributed by atoms with Crippen molar-refractivity contribution in [1.29, 1.82) is 5.41 Å². The molecule has 0 radical (unpaired) electrons. The van der Waals surface area contributed by atoms with Crippen LogP contribution in [0.3, 0.4) is 0 Å². The Kier molecular flexibility index (Phi) is 10.8. The van der Waals surface area contributed by atoms with Crippen LogP contribution in [-0.4, -0.2) is 30.4 Å². The first kappa shape index (κ1) is 31.4. The van der Waals surface area contributed by atoms with Crippen LogP contribution in [0.4, 0.5) is 5.69 Å². The maximum Gasteiger partial charge on any atom is 0.273 e. The van der Waals surface area contributed by atoms with Gasteiger partial charge in [0.05, 0.1) is 18.3 Å². The maximum absolute atomic E-state index is 13.6. The smallest absolute Gasteiger partial charge is 0.273 e. The van der Waals surface area contributed by atoms with Gasteiger partial charge in [0.25, 0.3) is 11.8 Å². The van der Waals surface area contributed by atoms with Gasteiger partial charge >= 0.3 is 0 Å². The van der Waals surface area contributed by atoms with Crippen molar-refractivity contribution in [2.75, 3.05) is 11.9 Å². The molecule has 1 atom stereocenters. The highest BCUT2D eigenvalue weighted by atomic mass is 16.5. The van der Waals surface area contributed by atoms with Crippen molar-refractivity contribution in [2.45, 2.75) is 39.5 Å². The number of carbonyl (C=O) groups is 2. The number of benzene rings is 4. The van der Waals surface area contributed by atoms with E-state index in [-0.39, 0.29) is 24.1 Å². The summed E-state index contributed by atoms with van der Waals surface area (Å²) in [4.78, 5) is 26.8. The van der Waals surface area contributed by atoms with Gasteiger partial charge in [-0.3, -0.25) is 25.8 Å². The SMILES string of the molecule is CCOc1cc(C(Nc2ccc(C(=N)N)cc2)C(=O)NNC(=O)c2ccccc2OCc2ccccc2)ccc1OC(C)C. The largest absolute Gasteiger partial charge is 0.490 e. The predicted octanol–water partition coefficient (Wildman–Crippen LogP) is 5.35. The molecule has 0 aromatic heterocycles. The lowest BCUT2D eigenvalue weighted by Crippen LogP contribution is -2.45. The monoisotopic (exact) mass is 595 g/mol. The molecule has 0 aliphatic rings. The van der Waals surface area contributed by atoms with Crippen LogP contribution in [0, 0.1) is 5.41 Å². The van der Waals surface area contributed by atoms with Crippen LogP contribution < -0.4 is 36.1 Å². The molecule has 1 unspecified atom stereocenters. The van der Waals surface area contributed by atoms with Gasteiger partial charge in [0.1, 0.15) is 24.2 Å². The van der Waals surface area contributed by atoms with E-state index in [1.807, 2.05) is 51.1 Å². The standard InChI is InChI=1S/C34H37N5O5/c1-4-42-30-20-25(16-19-29(30)44-22(2)3)31(37-26-17-14-24(15-18-26)32(35)36)34(41)39-38-33(40)27-12-8-9-13-28(27)43-21-23-10-6-5-7-11-23/h5-20,22,31,37H,4,21H2,1-3H3,(H3,35,36)(H,38,40)(H,39,41). The number of hydrogen-bond acceptors (Lipinski definition) is 7. The third-order valence-corrected chi connectivity index (χ3v) is 6.40. The second-order valence-electron chi connectivity index (χ2n) is 10.1. The molecule has 0 saturated heterocycles. The van der Waals surface area contributed by atoms with E-state index < -0.39 is 17.9 Å². The Morgan fingerprint density at radius 1 is 0.818 bits per heavy atom. The number of nitrogen functional groups attached to an aromatic ring is 1. The number of nitrogens with one attached hydrogen (secondary N) is 4. The zero-order valence-electron chi connectivity index (χ0n) is 24.9. The summed E-state index contributed by atoms with van der Waals surface area (Å²) in [6.07, 6.45) is -0.0770. The number of nitrogens with two attached hydrogens (primary N) is 1. The summed E-state index contributed by atoms with van der Waals surface area (Å²) in [5.74, 6) is 0.280. The second-order valence-corrected chi connectivity index (χ2v) is 10.1. The van der Waals surface area contributed by atoms with E-state index in [4.69, 9.17) is 25.4 Å². The molecule has 4 aromatic carbocycles. The van der Waals surface area contributed by atoms with Crippen molar-refractivity contribution in [3.8, 4) is 17.2 Å². The van der Waals surface area contributed by atoms with Crippen molar-refractivity contribution >= 4 is 23.3 Å². The van der Waals surface area contributed by atoms with Gasteiger partial charge in [0.15, 0.2) is 11.5 Å². The van der Waals surface area contributed by atoms with Gasteiger partial charge in [0, 0.05) is 11.3 Å². The predicted molar refractivity (Wildman–Crippen MR) is 170 cm³/mol. The number of carbonyl (C=O) groups excluding carboxylic acids is 2. The lowest BCUT2D eigenvalue weighted by Gasteiger charge is -2.22. The van der Waals surface area contributed by atoms with Gasteiger partial charge in [-0.2, -0.15) is 0 Å². The first-order valence-electron chi connectivity index (χ1n) is 14.3. The zero-order chi connectivity index (χ0) is 31.5. The fraction of sp³-hybridized carbons (Fsp3) is 0.206. The topological polar surface area (TPSA) is 148 Å². The molecule has 228 valence electrons. The Morgan fingerprint density at radius 3 is 2.20 bits per heavy atom. The molecule has 0 aliphatic carbocycles. The minimum absolute atomic E-state index is 0.0660. The molecule has 10 nitrogen and oxygen atoms in total. The molecule has 0 aliphatic heterocycles. The van der Waals surface area contributed by atoms with Crippen LogP contribution in [0.2, 0.25) is 0 Å². The highest BCUT2D eigenvalue weighted by Gasteiger charge is 2.24. The van der Waals surface area contributed by atoms with Gasteiger partial charge in [-0.1, -0.05) is 48.5 Å². The highest BCUT2D eigenvalue weighted by Crippen LogP contribution is 2.33. The average molecular weight is 596 g/mol. The fourth-order valence-electron chi connectivity index (χ4n) is 4.31. The molecule has 2 amide bonds. The van der Waals surface area contributed by atoms with Crippen LogP contribution in [-0.2, 0) is 11.4 Å². The third-order valence-electron chi connectivity index (χ3n) is 6.40. The van der Waals surface area contributed by atoms with Crippen LogP contribution >= 0.6 is 0 Å². The van der Waals surface area contributed by atoms with Crippen molar-refractivity contribution in [3.05, 3.63) is 119 Å². The summed E-state index contributed by atoms with van der Waals surface area (Å²) in [6, 6.07) is 27.5. The normalized spacial score (nSPS) is 11.3. The van der Waals surface area contributed by atoms with Gasteiger partial charge in [-0.25, -0.2) is 0 Å². The van der Waals surface area contributed by atoms with Gasteiger partial charge in [0.2, 0.25) is 0 Å². The number of amides is 2. The molecule has 0 heterocycles. The fourth-order valence-corrected chi connectivity index (χ4v) is 4.31. The number of para-hydroxylation sites is 1. The maximum atomic E-state index is 13.6. The number of rotatable bonds is 13. The molecule has 0 spiro atoms. The molecule has 10 heteroatoms. The summed E-state index contributed by atoms with van der Waals surface area (Å²) in [5.41, 5.74) is 13.6. The molecule has 44 heavy (non-hydrogen) atoms. The third kappa shape index (κ3) is 8.51. The molecule has 0 saturated carbocycles. The summed E-state index contributed by atoms with van der Waals surface area (Å²) in [5, 5.41) is 10.9. The molecular formula is C34H37N5O5. The second kappa shape index (κ2) is 15.1. The minimum Gasteiger partial charge on any atom is -0.490 e. The average Bonchev–Trinajstić information content (AvgIpc) is 3.03. The van der Waals surface area contributed by atoms with Gasteiger partial charge in [-0.05, 0) is 80.4 Å². The summed E-state index contributed by atoms with van der Waals surface area (Å²) < 4.78 is 17.6. The van der Waals surface area contributed by atoms with Crippen molar-refractivity contribution in [1.82, 2.24) is 10.9 Å². The van der Waals surface area contributed by atoms with E-state index in [2.05, 4.69) is 16.2 Å². The summed E-state index contributed by atoms with van der Waals surface area (Å²) in [6.45, 7) is 6.38. The molecule has 0 fully saturated rings. The summed E-state index contributed by atoms with van der Waals surface area (Å²) >= 11 is 0. The number of amidine groups is 1. The van der Waals surface area contributed by atoms with Crippen LogP contribution in [0.5, 0.6) is 17.2 Å².